The van der Waals surface area contributed by atoms with Gasteiger partial charge in [-0.25, -0.2) is 9.79 Å². The van der Waals surface area contributed by atoms with Crippen molar-refractivity contribution in [2.45, 2.75) is 6.92 Å². The van der Waals surface area contributed by atoms with Crippen LogP contribution in [0.2, 0.25) is 0 Å². The lowest BCUT2D eigenvalue weighted by atomic mass is 10.1. The number of aliphatic hydroxyl groups excluding tert-OH is 1. The first-order chi connectivity index (χ1) is 15.0. The summed E-state index contributed by atoms with van der Waals surface area (Å²) in [5.41, 5.74) is 1.71. The maximum atomic E-state index is 12.5. The van der Waals surface area contributed by atoms with Crippen LogP contribution in [0, 0.1) is 11.3 Å². The fraction of sp³-hybridized carbons (Fsp3) is 0.174. The molecule has 0 saturated heterocycles. The van der Waals surface area contributed by atoms with Gasteiger partial charge < -0.3 is 19.3 Å². The van der Waals surface area contributed by atoms with Gasteiger partial charge in [0.15, 0.2) is 11.5 Å². The molecule has 0 amide bonds. The number of carbonyl (C=O) groups excluding carboxylic acids is 1. The zero-order valence-electron chi connectivity index (χ0n) is 17.2. The maximum absolute atomic E-state index is 12.5. The van der Waals surface area contributed by atoms with Crippen LogP contribution in [-0.4, -0.2) is 36.9 Å². The van der Waals surface area contributed by atoms with Crippen LogP contribution in [0.4, 0.5) is 5.69 Å². The molecule has 0 atom stereocenters. The Balaban J connectivity index is 2.06. The number of thioether (sulfide) groups is 1. The highest BCUT2D eigenvalue weighted by Gasteiger charge is 2.33. The van der Waals surface area contributed by atoms with Gasteiger partial charge in [-0.15, -0.1) is 0 Å². The number of hydrogen-bond acceptors (Lipinski definition) is 8. The summed E-state index contributed by atoms with van der Waals surface area (Å²) in [4.78, 5) is 17.5. The summed E-state index contributed by atoms with van der Waals surface area (Å²) in [5, 5.41) is 20.2. The lowest BCUT2D eigenvalue weighted by molar-refractivity contribution is -0.138. The third kappa shape index (κ3) is 4.90. The minimum Gasteiger partial charge on any atom is -0.506 e. The van der Waals surface area contributed by atoms with Gasteiger partial charge in [0, 0.05) is 6.07 Å². The van der Waals surface area contributed by atoms with E-state index in [0.29, 0.717) is 38.3 Å². The summed E-state index contributed by atoms with van der Waals surface area (Å²) >= 11 is 1.14. The minimum atomic E-state index is -0.666. The fourth-order valence-electron chi connectivity index (χ4n) is 2.85. The van der Waals surface area contributed by atoms with Crippen molar-refractivity contribution in [3.8, 4) is 17.6 Å². The van der Waals surface area contributed by atoms with Crippen molar-refractivity contribution in [1.29, 1.82) is 5.26 Å². The number of benzene rings is 2. The Labute approximate surface area is 184 Å². The average Bonchev–Trinajstić information content (AvgIpc) is 3.08. The lowest BCUT2D eigenvalue weighted by Gasteiger charge is -2.08. The van der Waals surface area contributed by atoms with E-state index in [9.17, 15) is 9.90 Å². The second-order valence-electron chi connectivity index (χ2n) is 6.25. The van der Waals surface area contributed by atoms with Gasteiger partial charge in [0.25, 0.3) is 0 Å². The number of carbonyl (C=O) groups is 1. The van der Waals surface area contributed by atoms with Crippen LogP contribution in [0.25, 0.3) is 6.08 Å². The predicted molar refractivity (Wildman–Crippen MR) is 120 cm³/mol. The van der Waals surface area contributed by atoms with Gasteiger partial charge in [-0.2, -0.15) is 5.26 Å². The Bertz CT molecular complexity index is 1140. The van der Waals surface area contributed by atoms with Crippen LogP contribution in [0.15, 0.2) is 63.7 Å². The number of nitrogens with zero attached hydrogens (tertiary/aromatic N) is 2. The predicted octanol–water partition coefficient (Wildman–Crippen LogP) is 4.77. The highest BCUT2D eigenvalue weighted by molar-refractivity contribution is 8.18. The quantitative estimate of drug-likeness (QED) is 0.651. The molecule has 1 aliphatic heterocycles. The monoisotopic (exact) mass is 436 g/mol. The molecule has 0 bridgehead atoms. The highest BCUT2D eigenvalue weighted by Crippen LogP contribution is 2.41. The molecular weight excluding hydrogens is 416 g/mol. The van der Waals surface area contributed by atoms with Crippen LogP contribution >= 0.6 is 11.8 Å². The Morgan fingerprint density at radius 1 is 1.19 bits per heavy atom. The van der Waals surface area contributed by atoms with Crippen LogP contribution in [0.3, 0.4) is 0 Å². The largest absolute Gasteiger partial charge is 0.506 e. The van der Waals surface area contributed by atoms with Gasteiger partial charge >= 0.3 is 5.97 Å². The van der Waals surface area contributed by atoms with Crippen molar-refractivity contribution in [2.75, 3.05) is 20.8 Å². The molecule has 1 N–H and O–H groups in total. The van der Waals surface area contributed by atoms with Gasteiger partial charge in [-0.05, 0) is 42.8 Å². The van der Waals surface area contributed by atoms with E-state index in [1.807, 2.05) is 0 Å². The van der Waals surface area contributed by atoms with E-state index in [1.54, 1.807) is 55.5 Å². The summed E-state index contributed by atoms with van der Waals surface area (Å²) in [6.45, 7) is 1.85. The topological polar surface area (TPSA) is 101 Å². The fourth-order valence-corrected chi connectivity index (χ4v) is 3.89. The number of nitriles is 1. The Kier molecular flexibility index (Phi) is 7.00. The second kappa shape index (κ2) is 9.87. The van der Waals surface area contributed by atoms with E-state index in [1.165, 1.54) is 14.2 Å². The maximum Gasteiger partial charge on any atom is 0.344 e. The van der Waals surface area contributed by atoms with Gasteiger partial charge in [0.2, 0.25) is 0 Å². The summed E-state index contributed by atoms with van der Waals surface area (Å²) in [5.74, 6) is 0.153. The van der Waals surface area contributed by atoms with E-state index in [0.717, 1.165) is 11.8 Å². The summed E-state index contributed by atoms with van der Waals surface area (Å²) in [6.07, 6.45) is 1.69. The molecule has 31 heavy (non-hydrogen) atoms. The third-order valence-corrected chi connectivity index (χ3v) is 5.30. The van der Waals surface area contributed by atoms with Crippen molar-refractivity contribution in [3.63, 3.8) is 0 Å². The molecule has 0 saturated carbocycles. The first-order valence-electron chi connectivity index (χ1n) is 9.32. The van der Waals surface area contributed by atoms with Gasteiger partial charge in [0.05, 0.1) is 43.1 Å². The number of hydrogen-bond donors (Lipinski definition) is 1. The Morgan fingerprint density at radius 2 is 1.97 bits per heavy atom. The van der Waals surface area contributed by atoms with Crippen molar-refractivity contribution in [3.05, 3.63) is 69.8 Å². The molecule has 0 unspecified atom stereocenters. The molecule has 2 aromatic rings. The van der Waals surface area contributed by atoms with Gasteiger partial charge in [-0.3, -0.25) is 0 Å². The first kappa shape index (κ1) is 22.0. The molecule has 0 fully saturated rings. The Hall–Kier alpha value is -3.70. The molecule has 2 aromatic carbocycles. The molecule has 7 nitrogen and oxygen atoms in total. The number of aliphatic hydroxyl groups is 1. The molecule has 1 aliphatic rings. The van der Waals surface area contributed by atoms with Gasteiger partial charge in [0.1, 0.15) is 16.4 Å². The number of esters is 1. The summed E-state index contributed by atoms with van der Waals surface area (Å²) < 4.78 is 15.7. The SMILES string of the molecule is CCOC(=O)C1=C(O)/C(=C\c2cccc(C#N)c2)SC1=Nc1ccc(OC)c(OC)c1. The average molecular weight is 436 g/mol. The molecule has 158 valence electrons. The molecule has 8 heteroatoms. The minimum absolute atomic E-state index is 0.00989. The van der Waals surface area contributed by atoms with E-state index in [2.05, 4.69) is 11.1 Å². The van der Waals surface area contributed by atoms with Crippen LogP contribution in [0.1, 0.15) is 18.1 Å². The second-order valence-corrected chi connectivity index (χ2v) is 7.28. The zero-order valence-corrected chi connectivity index (χ0v) is 18.0. The summed E-state index contributed by atoms with van der Waals surface area (Å²) in [6, 6.07) is 14.1. The molecule has 0 aliphatic carbocycles. The normalized spacial score (nSPS) is 15.8. The molecular formula is C23H20N2O5S. The standard InChI is InChI=1S/C23H20N2O5S/c1-4-30-23(27)20-21(26)19(11-14-6-5-7-15(10-14)13-24)31-22(20)25-16-8-9-17(28-2)18(12-16)29-3/h5-12,26H,4H2,1-3H3/b19-11+,25-22?. The van der Waals surface area contributed by atoms with Crippen LogP contribution < -0.4 is 9.47 Å². The van der Waals surface area contributed by atoms with Crippen LogP contribution in [0.5, 0.6) is 11.5 Å². The van der Waals surface area contributed by atoms with E-state index >= 15 is 0 Å². The molecule has 1 heterocycles. The highest BCUT2D eigenvalue weighted by atomic mass is 32.2. The smallest absolute Gasteiger partial charge is 0.344 e. The van der Waals surface area contributed by atoms with Crippen molar-refractivity contribution in [2.24, 2.45) is 4.99 Å². The van der Waals surface area contributed by atoms with Crippen molar-refractivity contribution >= 4 is 34.5 Å². The third-order valence-electron chi connectivity index (χ3n) is 4.28. The first-order valence-corrected chi connectivity index (χ1v) is 10.1. The lowest BCUT2D eigenvalue weighted by Crippen LogP contribution is -2.12. The number of methoxy groups -OCH3 is 2. The number of ether oxygens (including phenoxy) is 3. The zero-order chi connectivity index (χ0) is 22.4. The van der Waals surface area contributed by atoms with E-state index < -0.39 is 5.97 Å². The number of aliphatic imine (C=N–C) groups is 1. The molecule has 3 rings (SSSR count). The van der Waals surface area contributed by atoms with Crippen molar-refractivity contribution in [1.82, 2.24) is 0 Å². The van der Waals surface area contributed by atoms with Gasteiger partial charge in [-0.1, -0.05) is 23.9 Å². The number of rotatable bonds is 6. The summed E-state index contributed by atoms with van der Waals surface area (Å²) in [7, 11) is 3.05. The van der Waals surface area contributed by atoms with Crippen LogP contribution in [-0.2, 0) is 9.53 Å². The Morgan fingerprint density at radius 3 is 2.65 bits per heavy atom. The molecule has 0 aromatic heterocycles. The van der Waals surface area contributed by atoms with E-state index in [4.69, 9.17) is 19.5 Å². The van der Waals surface area contributed by atoms with Crippen molar-refractivity contribution < 1.29 is 24.1 Å². The molecule has 0 spiro atoms. The van der Waals surface area contributed by atoms with E-state index in [-0.39, 0.29) is 17.9 Å². The molecule has 0 radical (unpaired) electrons.